The highest BCUT2D eigenvalue weighted by Gasteiger charge is 2.23. The van der Waals surface area contributed by atoms with Gasteiger partial charge in [-0.3, -0.25) is 4.79 Å². The zero-order valence-electron chi connectivity index (χ0n) is 12.8. The number of likely N-dealkylation sites (N-methyl/N-ethyl adjacent to an activating group) is 1. The number of thiophene rings is 1. The Hall–Kier alpha value is -1.87. The van der Waals surface area contributed by atoms with Gasteiger partial charge in [-0.05, 0) is 24.6 Å². The highest BCUT2D eigenvalue weighted by molar-refractivity contribution is 7.16. The van der Waals surface area contributed by atoms with Crippen molar-refractivity contribution in [3.63, 3.8) is 0 Å². The monoisotopic (exact) mass is 346 g/mol. The van der Waals surface area contributed by atoms with Gasteiger partial charge >= 0.3 is 0 Å². The Labute approximate surface area is 146 Å². The van der Waals surface area contributed by atoms with Crippen LogP contribution in [0.3, 0.4) is 0 Å². The highest BCUT2D eigenvalue weighted by atomic mass is 35.5. The molecule has 0 atom stereocenters. The molecule has 0 spiro atoms. The van der Waals surface area contributed by atoms with Crippen LogP contribution in [-0.2, 0) is 24.2 Å². The molecule has 1 N–H and O–H groups in total. The molecule has 1 aromatic carbocycles. The lowest BCUT2D eigenvalue weighted by Gasteiger charge is -2.21. The summed E-state index contributed by atoms with van der Waals surface area (Å²) in [6, 6.07) is 11.9. The van der Waals surface area contributed by atoms with Crippen molar-refractivity contribution in [2.24, 2.45) is 0 Å². The van der Waals surface area contributed by atoms with E-state index in [1.807, 2.05) is 30.3 Å². The number of amides is 1. The minimum Gasteiger partial charge on any atom is -1.00 e. The van der Waals surface area contributed by atoms with Gasteiger partial charge in [-0.15, -0.1) is 11.3 Å². The molecule has 0 saturated heterocycles. The minimum atomic E-state index is -0.0744. The van der Waals surface area contributed by atoms with Gasteiger partial charge in [-0.1, -0.05) is 30.3 Å². The number of hydrogen-bond acceptors (Lipinski definition) is 4. The van der Waals surface area contributed by atoms with Gasteiger partial charge in [0.2, 0.25) is 5.91 Å². The second-order valence-electron chi connectivity index (χ2n) is 5.52. The molecule has 2 heterocycles. The third-order valence-corrected chi connectivity index (χ3v) is 4.95. The van der Waals surface area contributed by atoms with Crippen LogP contribution < -0.4 is 17.7 Å². The molecule has 120 valence electrons. The predicted octanol–water partition coefficient (Wildman–Crippen LogP) is -0.207. The summed E-state index contributed by atoms with van der Waals surface area (Å²) in [6.45, 7) is 1.80. The van der Waals surface area contributed by atoms with Gasteiger partial charge in [0.15, 0.2) is 0 Å². The van der Waals surface area contributed by atoms with Gasteiger partial charge in [0, 0.05) is 18.0 Å². The van der Waals surface area contributed by atoms with Crippen molar-refractivity contribution in [3.05, 3.63) is 51.9 Å². The van der Waals surface area contributed by atoms with E-state index in [9.17, 15) is 10.1 Å². The van der Waals surface area contributed by atoms with Crippen molar-refractivity contribution < 1.29 is 17.2 Å². The van der Waals surface area contributed by atoms with E-state index in [4.69, 9.17) is 0 Å². The lowest BCUT2D eigenvalue weighted by Crippen LogP contribution is -3.00. The number of benzene rings is 1. The summed E-state index contributed by atoms with van der Waals surface area (Å²) in [5.74, 6) is -0.0744. The number of nitrogens with one attached hydrogen (secondary N) is 1. The van der Waals surface area contributed by atoms with E-state index >= 15 is 0 Å². The molecular formula is C17H17ClN3OS-. The number of carbonyl (C=O) groups is 1. The Balaban J connectivity index is 0.00000192. The van der Waals surface area contributed by atoms with Crippen molar-refractivity contribution in [1.82, 2.24) is 4.90 Å². The maximum Gasteiger partial charge on any atom is 0.229 e. The Bertz CT molecular complexity index is 736. The fraction of sp³-hybridized carbons (Fsp3) is 0.294. The number of hydrogen-bond donors (Lipinski definition) is 1. The van der Waals surface area contributed by atoms with Gasteiger partial charge in [0.1, 0.15) is 11.1 Å². The SMILES string of the molecule is CN1CCc2c(sc(NC(=O)Cc3ccccc3)c2C#N)C1.[Cl-]. The first-order valence-electron chi connectivity index (χ1n) is 7.24. The van der Waals surface area contributed by atoms with Crippen molar-refractivity contribution in [3.8, 4) is 6.07 Å². The molecule has 0 radical (unpaired) electrons. The standard InChI is InChI=1S/C17H17N3OS.ClH/c1-20-8-7-13-14(10-18)17(22-15(13)11-20)19-16(21)9-12-5-3-2-4-6-12;/h2-6H,7-9,11H2,1H3,(H,19,21);1H/p-1. The summed E-state index contributed by atoms with van der Waals surface area (Å²) < 4.78 is 0. The van der Waals surface area contributed by atoms with E-state index in [1.54, 1.807) is 0 Å². The van der Waals surface area contributed by atoms with Gasteiger partial charge in [0.05, 0.1) is 12.0 Å². The summed E-state index contributed by atoms with van der Waals surface area (Å²) in [5.41, 5.74) is 2.73. The van der Waals surface area contributed by atoms with E-state index < -0.39 is 0 Å². The first-order valence-corrected chi connectivity index (χ1v) is 8.06. The summed E-state index contributed by atoms with van der Waals surface area (Å²) in [4.78, 5) is 15.6. The average molecular weight is 347 g/mol. The number of fused-ring (bicyclic) bond motifs is 1. The molecule has 0 bridgehead atoms. The number of nitriles is 1. The van der Waals surface area contributed by atoms with Gasteiger partial charge in [0.25, 0.3) is 0 Å². The van der Waals surface area contributed by atoms with Crippen LogP contribution in [0.15, 0.2) is 30.3 Å². The van der Waals surface area contributed by atoms with Crippen LogP contribution in [0.4, 0.5) is 5.00 Å². The quantitative estimate of drug-likeness (QED) is 0.837. The molecule has 0 fully saturated rings. The Morgan fingerprint density at radius 1 is 1.39 bits per heavy atom. The summed E-state index contributed by atoms with van der Waals surface area (Å²) in [7, 11) is 2.07. The largest absolute Gasteiger partial charge is 1.00 e. The molecule has 0 aliphatic carbocycles. The van der Waals surface area contributed by atoms with Crippen molar-refractivity contribution >= 4 is 22.2 Å². The lowest BCUT2D eigenvalue weighted by atomic mass is 10.0. The number of anilines is 1. The smallest absolute Gasteiger partial charge is 0.229 e. The number of carbonyl (C=O) groups excluding carboxylic acids is 1. The molecule has 1 aromatic heterocycles. The molecular weight excluding hydrogens is 330 g/mol. The summed E-state index contributed by atoms with van der Waals surface area (Å²) in [5, 5.41) is 13.0. The van der Waals surface area contributed by atoms with Crippen LogP contribution in [0, 0.1) is 11.3 Å². The van der Waals surface area contributed by atoms with Crippen molar-refractivity contribution in [2.45, 2.75) is 19.4 Å². The molecule has 1 amide bonds. The predicted molar refractivity (Wildman–Crippen MR) is 87.8 cm³/mol. The summed E-state index contributed by atoms with van der Waals surface area (Å²) in [6.07, 6.45) is 1.20. The van der Waals surface area contributed by atoms with E-state index in [0.717, 1.165) is 30.6 Å². The average Bonchev–Trinajstić information content (AvgIpc) is 2.84. The number of nitrogens with zero attached hydrogens (tertiary/aromatic N) is 2. The highest BCUT2D eigenvalue weighted by Crippen LogP contribution is 2.36. The number of rotatable bonds is 3. The van der Waals surface area contributed by atoms with Crippen molar-refractivity contribution in [2.75, 3.05) is 18.9 Å². The molecule has 4 nitrogen and oxygen atoms in total. The van der Waals surface area contributed by atoms with Crippen LogP contribution in [0.5, 0.6) is 0 Å². The fourth-order valence-corrected chi connectivity index (χ4v) is 3.98. The van der Waals surface area contributed by atoms with E-state index in [-0.39, 0.29) is 18.3 Å². The summed E-state index contributed by atoms with van der Waals surface area (Å²) >= 11 is 1.53. The van der Waals surface area contributed by atoms with E-state index in [1.165, 1.54) is 16.2 Å². The Kier molecular flexibility index (Phi) is 5.78. The third-order valence-electron chi connectivity index (χ3n) is 3.82. The Morgan fingerprint density at radius 3 is 2.83 bits per heavy atom. The first-order chi connectivity index (χ1) is 10.7. The fourth-order valence-electron chi connectivity index (χ4n) is 2.69. The van der Waals surface area contributed by atoms with Gasteiger partial charge in [-0.2, -0.15) is 5.26 Å². The lowest BCUT2D eigenvalue weighted by molar-refractivity contribution is -0.115. The van der Waals surface area contributed by atoms with Crippen LogP contribution in [-0.4, -0.2) is 24.4 Å². The number of halogens is 1. The third kappa shape index (κ3) is 3.91. The van der Waals surface area contributed by atoms with E-state index in [2.05, 4.69) is 23.3 Å². The molecule has 6 heteroatoms. The second-order valence-corrected chi connectivity index (χ2v) is 6.62. The van der Waals surface area contributed by atoms with Crippen LogP contribution in [0.2, 0.25) is 0 Å². The molecule has 1 aliphatic rings. The van der Waals surface area contributed by atoms with Gasteiger partial charge < -0.3 is 22.6 Å². The molecule has 0 saturated carbocycles. The Morgan fingerprint density at radius 2 is 2.13 bits per heavy atom. The second kappa shape index (κ2) is 7.60. The maximum atomic E-state index is 12.2. The molecule has 23 heavy (non-hydrogen) atoms. The topological polar surface area (TPSA) is 56.1 Å². The maximum absolute atomic E-state index is 12.2. The zero-order valence-corrected chi connectivity index (χ0v) is 14.4. The normalized spacial score (nSPS) is 13.6. The molecule has 1 aliphatic heterocycles. The van der Waals surface area contributed by atoms with Gasteiger partial charge in [-0.25, -0.2) is 0 Å². The first kappa shape index (κ1) is 17.5. The molecule has 2 aromatic rings. The van der Waals surface area contributed by atoms with Crippen LogP contribution >= 0.6 is 11.3 Å². The van der Waals surface area contributed by atoms with Crippen molar-refractivity contribution in [1.29, 1.82) is 5.26 Å². The molecule has 0 unspecified atom stereocenters. The van der Waals surface area contributed by atoms with E-state index in [0.29, 0.717) is 17.0 Å². The molecule has 3 rings (SSSR count). The van der Waals surface area contributed by atoms with Crippen LogP contribution in [0.25, 0.3) is 0 Å². The zero-order chi connectivity index (χ0) is 15.5. The van der Waals surface area contributed by atoms with Crippen LogP contribution in [0.1, 0.15) is 21.6 Å². The minimum absolute atomic E-state index is 0.